The van der Waals surface area contributed by atoms with E-state index >= 15 is 0 Å². The highest BCUT2D eigenvalue weighted by atomic mass is 32.1. The number of carbonyl (C=O) groups excluding carboxylic acids is 1. The second-order valence-electron chi connectivity index (χ2n) is 3.97. The average molecular weight is 262 g/mol. The van der Waals surface area contributed by atoms with Crippen LogP contribution in [0.5, 0.6) is 0 Å². The monoisotopic (exact) mass is 262 g/mol. The van der Waals surface area contributed by atoms with Crippen LogP contribution in [0.4, 0.5) is 0 Å². The van der Waals surface area contributed by atoms with Gasteiger partial charge in [-0.1, -0.05) is 0 Å². The van der Waals surface area contributed by atoms with Crippen molar-refractivity contribution in [1.82, 2.24) is 20.3 Å². The van der Waals surface area contributed by atoms with Crippen LogP contribution in [-0.2, 0) is 6.54 Å². The molecule has 6 heteroatoms. The Morgan fingerprint density at radius 1 is 1.28 bits per heavy atom. The Kier molecular flexibility index (Phi) is 3.66. The number of amides is 1. The highest BCUT2D eigenvalue weighted by Gasteiger charge is 2.09. The third-order valence-electron chi connectivity index (χ3n) is 2.42. The molecule has 0 aromatic carbocycles. The zero-order valence-electron chi connectivity index (χ0n) is 10.5. The lowest BCUT2D eigenvalue weighted by molar-refractivity contribution is 0.0946. The molecule has 1 amide bonds. The molecule has 0 radical (unpaired) electrons. The van der Waals surface area contributed by atoms with Crippen LogP contribution in [0.2, 0.25) is 0 Å². The van der Waals surface area contributed by atoms with Crippen molar-refractivity contribution >= 4 is 17.2 Å². The molecule has 2 aromatic heterocycles. The molecule has 0 aliphatic carbocycles. The van der Waals surface area contributed by atoms with E-state index in [2.05, 4.69) is 20.3 Å². The van der Waals surface area contributed by atoms with Gasteiger partial charge in [-0.3, -0.25) is 9.78 Å². The molecule has 0 aliphatic rings. The number of thiazole rings is 1. The van der Waals surface area contributed by atoms with E-state index in [1.807, 2.05) is 20.8 Å². The van der Waals surface area contributed by atoms with Crippen LogP contribution >= 0.6 is 11.3 Å². The minimum atomic E-state index is -0.215. The number of aromatic nitrogens is 3. The van der Waals surface area contributed by atoms with Gasteiger partial charge in [-0.05, 0) is 20.8 Å². The van der Waals surface area contributed by atoms with Gasteiger partial charge in [-0.2, -0.15) is 0 Å². The van der Waals surface area contributed by atoms with Crippen molar-refractivity contribution < 1.29 is 4.79 Å². The van der Waals surface area contributed by atoms with Crippen molar-refractivity contribution in [1.29, 1.82) is 0 Å². The number of nitrogens with one attached hydrogen (secondary N) is 1. The molecule has 0 bridgehead atoms. The van der Waals surface area contributed by atoms with Crippen LogP contribution in [0.25, 0.3) is 0 Å². The van der Waals surface area contributed by atoms with Gasteiger partial charge >= 0.3 is 0 Å². The van der Waals surface area contributed by atoms with Crippen LogP contribution in [0.15, 0.2) is 12.4 Å². The summed E-state index contributed by atoms with van der Waals surface area (Å²) in [6.07, 6.45) is 3.06. The molecule has 2 aromatic rings. The van der Waals surface area contributed by atoms with Crippen molar-refractivity contribution in [3.63, 3.8) is 0 Å². The molecule has 0 spiro atoms. The lowest BCUT2D eigenvalue weighted by atomic mass is 10.3. The summed E-state index contributed by atoms with van der Waals surface area (Å²) in [7, 11) is 0. The quantitative estimate of drug-likeness (QED) is 0.915. The summed E-state index contributed by atoms with van der Waals surface area (Å²) in [6.45, 7) is 6.20. The maximum Gasteiger partial charge on any atom is 0.271 e. The van der Waals surface area contributed by atoms with Crippen LogP contribution in [-0.4, -0.2) is 20.9 Å². The second-order valence-corrected chi connectivity index (χ2v) is 5.25. The van der Waals surface area contributed by atoms with E-state index in [1.165, 1.54) is 6.20 Å². The first-order valence-corrected chi connectivity index (χ1v) is 6.37. The Morgan fingerprint density at radius 2 is 2.06 bits per heavy atom. The summed E-state index contributed by atoms with van der Waals surface area (Å²) in [5, 5.41) is 3.82. The molecule has 5 nitrogen and oxygen atoms in total. The predicted molar refractivity (Wildman–Crippen MR) is 69.5 cm³/mol. The van der Waals surface area contributed by atoms with Crippen LogP contribution in [0.3, 0.4) is 0 Å². The lowest BCUT2D eigenvalue weighted by Crippen LogP contribution is -2.23. The normalized spacial score (nSPS) is 10.4. The zero-order chi connectivity index (χ0) is 13.1. The van der Waals surface area contributed by atoms with E-state index in [1.54, 1.807) is 17.5 Å². The van der Waals surface area contributed by atoms with Gasteiger partial charge in [-0.15, -0.1) is 11.3 Å². The summed E-state index contributed by atoms with van der Waals surface area (Å²) < 4.78 is 0. The number of hydrogen-bond acceptors (Lipinski definition) is 5. The third-order valence-corrected chi connectivity index (χ3v) is 3.50. The SMILES string of the molecule is Cc1cnc(C(=O)NCc2sc(C)nc2C)cn1. The average Bonchev–Trinajstić information content (AvgIpc) is 2.66. The van der Waals surface area contributed by atoms with Crippen LogP contribution in [0.1, 0.15) is 31.8 Å². The molecule has 18 heavy (non-hydrogen) atoms. The van der Waals surface area contributed by atoms with Crippen molar-refractivity contribution in [3.05, 3.63) is 39.4 Å². The van der Waals surface area contributed by atoms with Gasteiger partial charge in [0.2, 0.25) is 0 Å². The van der Waals surface area contributed by atoms with E-state index in [0.29, 0.717) is 12.2 Å². The fourth-order valence-corrected chi connectivity index (χ4v) is 2.38. The summed E-state index contributed by atoms with van der Waals surface area (Å²) in [5.74, 6) is -0.215. The van der Waals surface area contributed by atoms with Crippen molar-refractivity contribution in [2.75, 3.05) is 0 Å². The molecule has 0 saturated carbocycles. The Balaban J connectivity index is 2.00. The summed E-state index contributed by atoms with van der Waals surface area (Å²) in [6, 6.07) is 0. The summed E-state index contributed by atoms with van der Waals surface area (Å²) >= 11 is 1.59. The third kappa shape index (κ3) is 2.89. The van der Waals surface area contributed by atoms with Crippen LogP contribution < -0.4 is 5.32 Å². The summed E-state index contributed by atoms with van der Waals surface area (Å²) in [5.41, 5.74) is 2.09. The molecule has 1 N–H and O–H groups in total. The molecule has 0 aliphatic heterocycles. The smallest absolute Gasteiger partial charge is 0.271 e. The highest BCUT2D eigenvalue weighted by Crippen LogP contribution is 2.16. The molecule has 0 unspecified atom stereocenters. The molecular weight excluding hydrogens is 248 g/mol. The van der Waals surface area contributed by atoms with E-state index in [0.717, 1.165) is 21.3 Å². The molecule has 0 atom stereocenters. The minimum Gasteiger partial charge on any atom is -0.346 e. The molecule has 0 fully saturated rings. The van der Waals surface area contributed by atoms with Gasteiger partial charge in [0.1, 0.15) is 5.69 Å². The van der Waals surface area contributed by atoms with Crippen LogP contribution in [0, 0.1) is 20.8 Å². The largest absolute Gasteiger partial charge is 0.346 e. The fraction of sp³-hybridized carbons (Fsp3) is 0.333. The lowest BCUT2D eigenvalue weighted by Gasteiger charge is -2.03. The topological polar surface area (TPSA) is 67.8 Å². The fourth-order valence-electron chi connectivity index (χ4n) is 1.50. The summed E-state index contributed by atoms with van der Waals surface area (Å²) in [4.78, 5) is 25.3. The molecule has 94 valence electrons. The van der Waals surface area contributed by atoms with E-state index < -0.39 is 0 Å². The number of rotatable bonds is 3. The van der Waals surface area contributed by atoms with Gasteiger partial charge in [0.05, 0.1) is 29.1 Å². The predicted octanol–water partition coefficient (Wildman–Crippen LogP) is 1.79. The van der Waals surface area contributed by atoms with Gasteiger partial charge in [0.25, 0.3) is 5.91 Å². The maximum absolute atomic E-state index is 11.8. The number of nitrogens with zero attached hydrogens (tertiary/aromatic N) is 3. The van der Waals surface area contributed by atoms with Gasteiger partial charge in [-0.25, -0.2) is 9.97 Å². The first-order chi connectivity index (χ1) is 8.56. The minimum absolute atomic E-state index is 0.215. The number of aryl methyl sites for hydroxylation is 3. The first kappa shape index (κ1) is 12.6. The zero-order valence-corrected chi connectivity index (χ0v) is 11.3. The Morgan fingerprint density at radius 3 is 2.61 bits per heavy atom. The van der Waals surface area contributed by atoms with Crippen molar-refractivity contribution in [2.45, 2.75) is 27.3 Å². The Labute approximate surface area is 109 Å². The first-order valence-electron chi connectivity index (χ1n) is 5.56. The molecule has 0 saturated heterocycles. The maximum atomic E-state index is 11.8. The van der Waals surface area contributed by atoms with Gasteiger partial charge in [0.15, 0.2) is 0 Å². The standard InChI is InChI=1S/C12H14N4OS/c1-7-4-14-10(5-13-7)12(17)15-6-11-8(2)16-9(3)18-11/h4-5H,6H2,1-3H3,(H,15,17). The molecular formula is C12H14N4OS. The van der Waals surface area contributed by atoms with E-state index in [-0.39, 0.29) is 5.91 Å². The number of carbonyl (C=O) groups is 1. The van der Waals surface area contributed by atoms with Crippen molar-refractivity contribution in [2.24, 2.45) is 0 Å². The number of hydrogen-bond donors (Lipinski definition) is 1. The van der Waals surface area contributed by atoms with Gasteiger partial charge < -0.3 is 5.32 Å². The Bertz CT molecular complexity index is 562. The van der Waals surface area contributed by atoms with Gasteiger partial charge in [0, 0.05) is 11.1 Å². The molecule has 2 rings (SSSR count). The highest BCUT2D eigenvalue weighted by molar-refractivity contribution is 7.11. The van der Waals surface area contributed by atoms with Crippen molar-refractivity contribution in [3.8, 4) is 0 Å². The molecule has 2 heterocycles. The Hall–Kier alpha value is -1.82. The van der Waals surface area contributed by atoms with E-state index in [4.69, 9.17) is 0 Å². The van der Waals surface area contributed by atoms with E-state index in [9.17, 15) is 4.79 Å². The second kappa shape index (κ2) is 5.22.